The van der Waals surface area contributed by atoms with E-state index in [2.05, 4.69) is 65.8 Å². The van der Waals surface area contributed by atoms with Crippen LogP contribution in [-0.4, -0.2) is 46.8 Å². The van der Waals surface area contributed by atoms with E-state index in [1.165, 1.54) is 16.0 Å². The van der Waals surface area contributed by atoms with E-state index in [-0.39, 0.29) is 11.9 Å². The van der Waals surface area contributed by atoms with Crippen LogP contribution in [0.5, 0.6) is 0 Å². The second-order valence-corrected chi connectivity index (χ2v) is 8.28. The van der Waals surface area contributed by atoms with Gasteiger partial charge in [-0.15, -0.1) is 0 Å². The van der Waals surface area contributed by atoms with Gasteiger partial charge < -0.3 is 9.80 Å². The number of hydrogen-bond acceptors (Lipinski definition) is 2. The number of aryl methyl sites for hydroxylation is 2. The molecule has 1 amide bonds. The molecule has 1 aromatic heterocycles. The first-order valence-electron chi connectivity index (χ1n) is 11.0. The monoisotopic (exact) mass is 415 g/mol. The van der Waals surface area contributed by atoms with E-state index < -0.39 is 0 Å². The zero-order valence-electron chi connectivity index (χ0n) is 18.6. The summed E-state index contributed by atoms with van der Waals surface area (Å²) in [5.74, 6) is 0.0812. The van der Waals surface area contributed by atoms with Gasteiger partial charge in [-0.1, -0.05) is 60.7 Å². The standard InChI is InChI=1S/C26H30N4O/c1-20-24(21(2)28(3)27-20)14-15-25(31)29-16-18-30(19-17-29)26(22-10-6-4-7-11-22)23-12-8-5-9-13-23/h4-15,26H,16-19H2,1-3H3/p+1/b15-14+. The van der Waals surface area contributed by atoms with Gasteiger partial charge in [-0.3, -0.25) is 9.48 Å². The first-order chi connectivity index (χ1) is 15.0. The number of aromatic nitrogens is 2. The van der Waals surface area contributed by atoms with E-state index in [4.69, 9.17) is 0 Å². The van der Waals surface area contributed by atoms with Crippen LogP contribution >= 0.6 is 0 Å². The molecule has 0 bridgehead atoms. The summed E-state index contributed by atoms with van der Waals surface area (Å²) in [7, 11) is 1.93. The van der Waals surface area contributed by atoms with Crippen molar-refractivity contribution in [2.24, 2.45) is 7.05 Å². The molecule has 1 aliphatic heterocycles. The molecule has 5 nitrogen and oxygen atoms in total. The van der Waals surface area contributed by atoms with Crippen molar-refractivity contribution in [3.05, 3.63) is 94.8 Å². The molecule has 1 saturated heterocycles. The Labute approximate surface area is 184 Å². The van der Waals surface area contributed by atoms with Crippen molar-refractivity contribution in [2.45, 2.75) is 19.9 Å². The van der Waals surface area contributed by atoms with Gasteiger partial charge in [-0.05, 0) is 19.9 Å². The third kappa shape index (κ3) is 4.62. The zero-order chi connectivity index (χ0) is 21.8. The van der Waals surface area contributed by atoms with Crippen molar-refractivity contribution >= 4 is 12.0 Å². The van der Waals surface area contributed by atoms with E-state index in [1.54, 1.807) is 6.08 Å². The van der Waals surface area contributed by atoms with Gasteiger partial charge in [-0.25, -0.2) is 0 Å². The topological polar surface area (TPSA) is 42.6 Å². The lowest BCUT2D eigenvalue weighted by molar-refractivity contribution is -0.929. The van der Waals surface area contributed by atoms with E-state index in [0.717, 1.165) is 43.1 Å². The summed E-state index contributed by atoms with van der Waals surface area (Å²) in [5, 5.41) is 4.43. The molecule has 0 saturated carbocycles. The van der Waals surface area contributed by atoms with Gasteiger partial charge in [0, 0.05) is 35.5 Å². The molecule has 1 N–H and O–H groups in total. The van der Waals surface area contributed by atoms with Gasteiger partial charge >= 0.3 is 0 Å². The number of quaternary nitrogens is 1. The maximum absolute atomic E-state index is 12.8. The highest BCUT2D eigenvalue weighted by Gasteiger charge is 2.30. The molecule has 0 aliphatic carbocycles. The molecule has 2 aromatic carbocycles. The third-order valence-corrected chi connectivity index (χ3v) is 6.35. The normalized spacial score (nSPS) is 15.2. The lowest BCUT2D eigenvalue weighted by atomic mass is 9.96. The molecule has 0 radical (unpaired) electrons. The Bertz CT molecular complexity index is 1010. The number of amides is 1. The number of hydrogen-bond donors (Lipinski definition) is 1. The first-order valence-corrected chi connectivity index (χ1v) is 11.0. The molecule has 0 unspecified atom stereocenters. The van der Waals surface area contributed by atoms with Gasteiger partial charge in [0.15, 0.2) is 0 Å². The van der Waals surface area contributed by atoms with Gasteiger partial charge in [0.05, 0.1) is 31.9 Å². The van der Waals surface area contributed by atoms with Crippen LogP contribution in [-0.2, 0) is 11.8 Å². The number of nitrogens with zero attached hydrogens (tertiary/aromatic N) is 3. The van der Waals surface area contributed by atoms with Crippen molar-refractivity contribution in [3.8, 4) is 0 Å². The van der Waals surface area contributed by atoms with E-state index in [9.17, 15) is 4.79 Å². The molecule has 5 heteroatoms. The molecule has 4 rings (SSSR count). The number of piperazine rings is 1. The SMILES string of the molecule is Cc1nn(C)c(C)c1/C=C/C(=O)N1CC[NH+](C(c2ccccc2)c2ccccc2)CC1. The van der Waals surface area contributed by atoms with Crippen molar-refractivity contribution in [1.82, 2.24) is 14.7 Å². The predicted octanol–water partition coefficient (Wildman–Crippen LogP) is 2.57. The summed E-state index contributed by atoms with van der Waals surface area (Å²) in [6, 6.07) is 21.7. The quantitative estimate of drug-likeness (QED) is 0.651. The minimum Gasteiger partial charge on any atom is -0.328 e. The molecular weight excluding hydrogens is 384 g/mol. The van der Waals surface area contributed by atoms with E-state index >= 15 is 0 Å². The summed E-state index contributed by atoms with van der Waals surface area (Å²) in [6.07, 6.45) is 3.61. The predicted molar refractivity (Wildman–Crippen MR) is 124 cm³/mol. The summed E-state index contributed by atoms with van der Waals surface area (Å²) < 4.78 is 1.86. The minimum atomic E-state index is 0.0812. The van der Waals surface area contributed by atoms with Crippen LogP contribution in [0.1, 0.15) is 34.1 Å². The van der Waals surface area contributed by atoms with Gasteiger partial charge in [0.25, 0.3) is 0 Å². The van der Waals surface area contributed by atoms with Gasteiger partial charge in [0.1, 0.15) is 6.04 Å². The highest BCUT2D eigenvalue weighted by atomic mass is 16.2. The van der Waals surface area contributed by atoms with Gasteiger partial charge in [0.2, 0.25) is 5.91 Å². The first kappa shape index (κ1) is 21.1. The van der Waals surface area contributed by atoms with Gasteiger partial charge in [-0.2, -0.15) is 5.10 Å². The van der Waals surface area contributed by atoms with Crippen LogP contribution < -0.4 is 4.90 Å². The molecule has 1 fully saturated rings. The zero-order valence-corrected chi connectivity index (χ0v) is 18.6. The molecule has 1 aliphatic rings. The Hall–Kier alpha value is -3.18. The fourth-order valence-electron chi connectivity index (χ4n) is 4.55. The maximum Gasteiger partial charge on any atom is 0.246 e. The van der Waals surface area contributed by atoms with Crippen molar-refractivity contribution in [1.29, 1.82) is 0 Å². The molecule has 2 heterocycles. The average molecular weight is 416 g/mol. The lowest BCUT2D eigenvalue weighted by Gasteiger charge is -2.36. The fraction of sp³-hybridized carbons (Fsp3) is 0.308. The molecule has 160 valence electrons. The molecular formula is C26H31N4O+. The number of carbonyl (C=O) groups excluding carboxylic acids is 1. The molecule has 31 heavy (non-hydrogen) atoms. The molecule has 3 aromatic rings. The van der Waals surface area contributed by atoms with Crippen LogP contribution in [0.2, 0.25) is 0 Å². The lowest BCUT2D eigenvalue weighted by Crippen LogP contribution is -3.15. The van der Waals surface area contributed by atoms with Crippen molar-refractivity contribution in [2.75, 3.05) is 26.2 Å². The minimum absolute atomic E-state index is 0.0812. The molecule has 0 spiro atoms. The Kier molecular flexibility index (Phi) is 6.33. The fourth-order valence-corrected chi connectivity index (χ4v) is 4.55. The summed E-state index contributed by atoms with van der Waals surface area (Å²) in [5.41, 5.74) is 5.71. The second-order valence-electron chi connectivity index (χ2n) is 8.28. The summed E-state index contributed by atoms with van der Waals surface area (Å²) in [4.78, 5) is 16.3. The number of rotatable bonds is 5. The summed E-state index contributed by atoms with van der Waals surface area (Å²) in [6.45, 7) is 7.39. The Balaban J connectivity index is 1.45. The smallest absolute Gasteiger partial charge is 0.246 e. The average Bonchev–Trinajstić information content (AvgIpc) is 3.05. The second kappa shape index (κ2) is 9.31. The number of nitrogens with one attached hydrogen (secondary N) is 1. The Morgan fingerprint density at radius 3 is 2.00 bits per heavy atom. The highest BCUT2D eigenvalue weighted by Crippen LogP contribution is 2.19. The highest BCUT2D eigenvalue weighted by molar-refractivity contribution is 5.92. The van der Waals surface area contributed by atoms with Crippen LogP contribution in [0.3, 0.4) is 0 Å². The Morgan fingerprint density at radius 2 is 1.52 bits per heavy atom. The molecule has 0 atom stereocenters. The maximum atomic E-state index is 12.8. The van der Waals surface area contributed by atoms with Crippen LogP contribution in [0.15, 0.2) is 66.7 Å². The van der Waals surface area contributed by atoms with Crippen LogP contribution in [0.25, 0.3) is 6.08 Å². The number of benzene rings is 2. The van der Waals surface area contributed by atoms with E-state index in [1.807, 2.05) is 36.6 Å². The largest absolute Gasteiger partial charge is 0.328 e. The summed E-state index contributed by atoms with van der Waals surface area (Å²) >= 11 is 0. The Morgan fingerprint density at radius 1 is 0.968 bits per heavy atom. The number of carbonyl (C=O) groups is 1. The van der Waals surface area contributed by atoms with Crippen molar-refractivity contribution < 1.29 is 9.69 Å². The van der Waals surface area contributed by atoms with Crippen molar-refractivity contribution in [3.63, 3.8) is 0 Å². The van der Waals surface area contributed by atoms with E-state index in [0.29, 0.717) is 0 Å². The van der Waals surface area contributed by atoms with Crippen LogP contribution in [0, 0.1) is 13.8 Å². The third-order valence-electron chi connectivity index (χ3n) is 6.35. The van der Waals surface area contributed by atoms with Crippen LogP contribution in [0.4, 0.5) is 0 Å².